The molecule has 6 nitrogen and oxygen atoms in total. The lowest BCUT2D eigenvalue weighted by atomic mass is 10.1. The van der Waals surface area contributed by atoms with Crippen LogP contribution in [0.15, 0.2) is 0 Å². The molecule has 8 heteroatoms. The van der Waals surface area contributed by atoms with Crippen molar-refractivity contribution in [2.24, 2.45) is 0 Å². The number of hydrogen-bond acceptors (Lipinski definition) is 5. The summed E-state index contributed by atoms with van der Waals surface area (Å²) in [5, 5.41) is 1.36. The van der Waals surface area contributed by atoms with Crippen LogP contribution >= 0.6 is 0 Å². The molecular formula is C20H45NO5Si2. The Hall–Kier alpha value is -0.256. The van der Waals surface area contributed by atoms with Gasteiger partial charge >= 0.3 is 0 Å². The van der Waals surface area contributed by atoms with Gasteiger partial charge < -0.3 is 13.6 Å². The third kappa shape index (κ3) is 7.53. The molecule has 0 aliphatic heterocycles. The van der Waals surface area contributed by atoms with Crippen molar-refractivity contribution < 1.29 is 23.2 Å². The maximum absolute atomic E-state index is 12.8. The Labute approximate surface area is 175 Å². The Bertz CT molecular complexity index is 498. The molecule has 0 saturated heterocycles. The zero-order chi connectivity index (χ0) is 22.6. The van der Waals surface area contributed by atoms with Gasteiger partial charge in [-0.25, -0.2) is 5.06 Å². The average Bonchev–Trinajstić information content (AvgIpc) is 2.51. The van der Waals surface area contributed by atoms with Gasteiger partial charge in [0.15, 0.2) is 22.7 Å². The first-order valence-electron chi connectivity index (χ1n) is 10.1. The first-order valence-corrected chi connectivity index (χ1v) is 15.9. The molecular weight excluding hydrogens is 390 g/mol. The van der Waals surface area contributed by atoms with Crippen molar-refractivity contribution in [2.75, 3.05) is 27.9 Å². The molecule has 0 heterocycles. The van der Waals surface area contributed by atoms with Gasteiger partial charge in [-0.15, -0.1) is 0 Å². The van der Waals surface area contributed by atoms with Gasteiger partial charge in [0.05, 0.1) is 13.2 Å². The number of nitrogens with zero attached hydrogens (tertiary/aromatic N) is 1. The van der Waals surface area contributed by atoms with Crippen molar-refractivity contribution in [3.8, 4) is 0 Å². The van der Waals surface area contributed by atoms with E-state index in [4.69, 9.17) is 18.4 Å². The van der Waals surface area contributed by atoms with E-state index in [0.717, 1.165) is 0 Å². The summed E-state index contributed by atoms with van der Waals surface area (Å²) in [6, 6.07) is 0. The van der Waals surface area contributed by atoms with E-state index >= 15 is 0 Å². The van der Waals surface area contributed by atoms with E-state index in [-0.39, 0.29) is 22.1 Å². The molecule has 168 valence electrons. The Morgan fingerprint density at radius 3 is 1.75 bits per heavy atom. The van der Waals surface area contributed by atoms with Crippen LogP contribution in [0.5, 0.6) is 0 Å². The maximum atomic E-state index is 12.8. The van der Waals surface area contributed by atoms with Gasteiger partial charge in [-0.05, 0) is 42.7 Å². The lowest BCUT2D eigenvalue weighted by Gasteiger charge is -2.42. The minimum atomic E-state index is -2.11. The molecule has 0 fully saturated rings. The molecule has 0 rings (SSSR count). The quantitative estimate of drug-likeness (QED) is 0.363. The molecule has 0 saturated carbocycles. The standard InChI is InChI=1S/C20H45NO5Si2/c1-19(2,3)27(10,11)25-15-14-16(26-28(12,13)20(4,5)6)17(23-8)18(22)21(7)24-9/h16-17H,14-15H2,1-13H3/t16-,17+/m1/s1. The molecule has 0 aromatic carbocycles. The smallest absolute Gasteiger partial charge is 0.277 e. The normalized spacial score (nSPS) is 16.0. The van der Waals surface area contributed by atoms with E-state index in [0.29, 0.717) is 13.0 Å². The summed E-state index contributed by atoms with van der Waals surface area (Å²) in [4.78, 5) is 17.9. The fourth-order valence-electron chi connectivity index (χ4n) is 2.15. The molecule has 0 unspecified atom stereocenters. The highest BCUT2D eigenvalue weighted by Crippen LogP contribution is 2.39. The summed E-state index contributed by atoms with van der Waals surface area (Å²) in [6.45, 7) is 22.6. The number of carbonyl (C=O) groups excluding carboxylic acids is 1. The summed E-state index contributed by atoms with van der Waals surface area (Å²) < 4.78 is 18.6. The molecule has 28 heavy (non-hydrogen) atoms. The minimum Gasteiger partial charge on any atom is -0.417 e. The van der Waals surface area contributed by atoms with Gasteiger partial charge in [0.1, 0.15) is 0 Å². The van der Waals surface area contributed by atoms with Crippen LogP contribution in [-0.4, -0.2) is 67.7 Å². The Balaban J connectivity index is 5.53. The van der Waals surface area contributed by atoms with E-state index in [2.05, 4.69) is 67.7 Å². The van der Waals surface area contributed by atoms with E-state index in [9.17, 15) is 4.79 Å². The number of likely N-dealkylation sites (N-methyl/N-ethyl adjacent to an activating group) is 1. The van der Waals surface area contributed by atoms with Crippen LogP contribution in [0.1, 0.15) is 48.0 Å². The van der Waals surface area contributed by atoms with Crippen molar-refractivity contribution in [3.05, 3.63) is 0 Å². The van der Waals surface area contributed by atoms with Crippen molar-refractivity contribution in [1.29, 1.82) is 0 Å². The summed E-state index contributed by atoms with van der Waals surface area (Å²) in [6.07, 6.45) is -0.524. The zero-order valence-corrected chi connectivity index (χ0v) is 22.6. The van der Waals surface area contributed by atoms with Gasteiger partial charge in [-0.3, -0.25) is 9.63 Å². The topological polar surface area (TPSA) is 57.2 Å². The van der Waals surface area contributed by atoms with Gasteiger partial charge in [0, 0.05) is 20.8 Å². The molecule has 0 radical (unpaired) electrons. The molecule has 0 aliphatic carbocycles. The largest absolute Gasteiger partial charge is 0.417 e. The predicted octanol–water partition coefficient (Wildman–Crippen LogP) is 4.82. The number of hydrogen-bond donors (Lipinski definition) is 0. The van der Waals surface area contributed by atoms with Crippen molar-refractivity contribution >= 4 is 22.5 Å². The SMILES string of the molecule is CO[C@H](C(=O)N(C)OC)[C@@H](CCO[Si](C)(C)C(C)(C)C)O[Si](C)(C)C(C)(C)C. The van der Waals surface area contributed by atoms with E-state index in [1.165, 1.54) is 12.2 Å². The summed E-state index contributed by atoms with van der Waals surface area (Å²) in [5.41, 5.74) is 0. The van der Waals surface area contributed by atoms with Crippen LogP contribution < -0.4 is 0 Å². The second-order valence-electron chi connectivity index (χ2n) is 10.5. The van der Waals surface area contributed by atoms with E-state index in [1.807, 2.05) is 0 Å². The molecule has 0 aliphatic rings. The van der Waals surface area contributed by atoms with Gasteiger partial charge in [0.2, 0.25) is 0 Å². The van der Waals surface area contributed by atoms with E-state index in [1.54, 1.807) is 14.2 Å². The summed E-state index contributed by atoms with van der Waals surface area (Å²) >= 11 is 0. The van der Waals surface area contributed by atoms with Crippen LogP contribution in [0.4, 0.5) is 0 Å². The van der Waals surface area contributed by atoms with Crippen LogP contribution in [0, 0.1) is 0 Å². The van der Waals surface area contributed by atoms with Crippen molar-refractivity contribution in [1.82, 2.24) is 5.06 Å². The van der Waals surface area contributed by atoms with Crippen LogP contribution in [0.2, 0.25) is 36.3 Å². The van der Waals surface area contributed by atoms with Crippen molar-refractivity contribution in [3.63, 3.8) is 0 Å². The van der Waals surface area contributed by atoms with Crippen LogP contribution in [0.25, 0.3) is 0 Å². The number of ether oxygens (including phenoxy) is 1. The van der Waals surface area contributed by atoms with Crippen LogP contribution in [0.3, 0.4) is 0 Å². The van der Waals surface area contributed by atoms with E-state index < -0.39 is 22.7 Å². The number of amides is 1. The minimum absolute atomic E-state index is 0.0278. The number of methoxy groups -OCH3 is 1. The molecule has 0 spiro atoms. The molecule has 0 bridgehead atoms. The molecule has 2 atom stereocenters. The fraction of sp³-hybridized carbons (Fsp3) is 0.950. The Kier molecular flexibility index (Phi) is 10.1. The summed E-state index contributed by atoms with van der Waals surface area (Å²) in [5.74, 6) is -0.249. The number of carbonyl (C=O) groups is 1. The molecule has 0 aromatic rings. The highest BCUT2D eigenvalue weighted by Gasteiger charge is 2.43. The van der Waals surface area contributed by atoms with Gasteiger partial charge in [0.25, 0.3) is 5.91 Å². The lowest BCUT2D eigenvalue weighted by molar-refractivity contribution is -0.185. The third-order valence-electron chi connectivity index (χ3n) is 6.34. The molecule has 0 N–H and O–H groups in total. The number of hydroxylamine groups is 2. The predicted molar refractivity (Wildman–Crippen MR) is 120 cm³/mol. The highest BCUT2D eigenvalue weighted by atomic mass is 28.4. The maximum Gasteiger partial charge on any atom is 0.277 e. The third-order valence-corrected chi connectivity index (χ3v) is 15.4. The first kappa shape index (κ1) is 27.7. The Morgan fingerprint density at radius 1 is 0.929 bits per heavy atom. The monoisotopic (exact) mass is 435 g/mol. The molecule has 1 amide bonds. The second-order valence-corrected chi connectivity index (χ2v) is 20.1. The lowest BCUT2D eigenvalue weighted by Crippen LogP contribution is -2.52. The zero-order valence-electron chi connectivity index (χ0n) is 20.6. The fourth-order valence-corrected chi connectivity index (χ4v) is 4.57. The van der Waals surface area contributed by atoms with Crippen molar-refractivity contribution in [2.45, 2.75) is 96.4 Å². The molecule has 0 aromatic heterocycles. The van der Waals surface area contributed by atoms with Crippen LogP contribution in [-0.2, 0) is 23.2 Å². The Morgan fingerprint density at radius 2 is 1.39 bits per heavy atom. The first-order chi connectivity index (χ1) is 12.4. The highest BCUT2D eigenvalue weighted by molar-refractivity contribution is 6.74. The summed E-state index contributed by atoms with van der Waals surface area (Å²) in [7, 11) is 0.620. The number of rotatable bonds is 10. The van der Waals surface area contributed by atoms with Gasteiger partial charge in [-0.1, -0.05) is 41.5 Å². The average molecular weight is 436 g/mol. The second kappa shape index (κ2) is 10.2. The van der Waals surface area contributed by atoms with Gasteiger partial charge in [-0.2, -0.15) is 0 Å².